The van der Waals surface area contributed by atoms with Gasteiger partial charge in [0.2, 0.25) is 0 Å². The van der Waals surface area contributed by atoms with Crippen LogP contribution in [0.4, 0.5) is 0 Å². The minimum absolute atomic E-state index is 0.159. The number of ether oxygens (including phenoxy) is 1. The minimum Gasteiger partial charge on any atom is -0.390 e. The lowest BCUT2D eigenvalue weighted by Gasteiger charge is -2.26. The third-order valence-corrected chi connectivity index (χ3v) is 2.71. The van der Waals surface area contributed by atoms with Crippen LogP contribution in [0.2, 0.25) is 0 Å². The van der Waals surface area contributed by atoms with Gasteiger partial charge < -0.3 is 14.9 Å². The van der Waals surface area contributed by atoms with Crippen molar-refractivity contribution in [2.75, 3.05) is 13.1 Å². The van der Waals surface area contributed by atoms with Crippen molar-refractivity contribution in [1.82, 2.24) is 0 Å². The number of benzene rings is 1. The molecule has 21 heavy (non-hydrogen) atoms. The van der Waals surface area contributed by atoms with Crippen molar-refractivity contribution in [1.29, 1.82) is 0 Å². The molecule has 0 saturated carbocycles. The molecular formula is C12H16N6O3. The molecule has 1 rings (SSSR count). The van der Waals surface area contributed by atoms with Crippen molar-refractivity contribution in [3.05, 3.63) is 56.8 Å². The summed E-state index contributed by atoms with van der Waals surface area (Å²) in [5, 5.41) is 26.3. The Kier molecular flexibility index (Phi) is 7.67. The third kappa shape index (κ3) is 6.13. The Bertz CT molecular complexity index is 487. The Morgan fingerprint density at radius 3 is 2.00 bits per heavy atom. The smallest absolute Gasteiger partial charge is 0.110 e. The van der Waals surface area contributed by atoms with E-state index < -0.39 is 18.3 Å². The zero-order valence-corrected chi connectivity index (χ0v) is 11.2. The summed E-state index contributed by atoms with van der Waals surface area (Å²) in [4.78, 5) is 5.09. The number of aliphatic hydroxyl groups excluding tert-OH is 2. The maximum Gasteiger partial charge on any atom is 0.110 e. The average molecular weight is 292 g/mol. The van der Waals surface area contributed by atoms with Crippen LogP contribution < -0.4 is 0 Å². The van der Waals surface area contributed by atoms with Crippen molar-refractivity contribution in [2.24, 2.45) is 10.2 Å². The van der Waals surface area contributed by atoms with Gasteiger partial charge in [-0.15, -0.1) is 0 Å². The Morgan fingerprint density at radius 1 is 1.00 bits per heavy atom. The number of nitrogens with zero attached hydrogens (tertiary/aromatic N) is 6. The summed E-state index contributed by atoms with van der Waals surface area (Å²) in [6, 6.07) is 9.18. The van der Waals surface area contributed by atoms with Gasteiger partial charge in [0, 0.05) is 9.82 Å². The van der Waals surface area contributed by atoms with E-state index in [1.165, 1.54) is 0 Å². The molecule has 0 radical (unpaired) electrons. The lowest BCUT2D eigenvalue weighted by atomic mass is 10.1. The Labute approximate surface area is 121 Å². The molecule has 0 heterocycles. The van der Waals surface area contributed by atoms with Gasteiger partial charge >= 0.3 is 0 Å². The van der Waals surface area contributed by atoms with Crippen LogP contribution in [0, 0.1) is 0 Å². The van der Waals surface area contributed by atoms with Crippen molar-refractivity contribution < 1.29 is 14.9 Å². The quantitative estimate of drug-likeness (QED) is 0.407. The lowest BCUT2D eigenvalue weighted by Crippen LogP contribution is -2.42. The predicted molar refractivity (Wildman–Crippen MR) is 75.1 cm³/mol. The van der Waals surface area contributed by atoms with Crippen LogP contribution in [0.5, 0.6) is 0 Å². The molecule has 0 amide bonds. The molecule has 2 atom stereocenters. The predicted octanol–water partition coefficient (Wildman–Crippen LogP) is 1.91. The topological polar surface area (TPSA) is 147 Å². The second-order valence-corrected chi connectivity index (χ2v) is 4.22. The van der Waals surface area contributed by atoms with Crippen LogP contribution in [0.15, 0.2) is 40.6 Å². The molecule has 0 aromatic heterocycles. The normalized spacial score (nSPS) is 14.4. The zero-order valence-electron chi connectivity index (χ0n) is 11.2. The highest BCUT2D eigenvalue weighted by molar-refractivity contribution is 5.13. The van der Waals surface area contributed by atoms with Crippen LogP contribution >= 0.6 is 0 Å². The first-order chi connectivity index (χ1) is 10.2. The van der Waals surface area contributed by atoms with Crippen LogP contribution in [-0.2, 0) is 11.3 Å². The number of hydrogen-bond acceptors (Lipinski definition) is 5. The first kappa shape index (κ1) is 16.8. The fraction of sp³-hybridized carbons (Fsp3) is 0.500. The van der Waals surface area contributed by atoms with Crippen LogP contribution in [0.1, 0.15) is 5.56 Å². The summed E-state index contributed by atoms with van der Waals surface area (Å²) in [6.45, 7) is -0.335. The molecular weight excluding hydrogens is 276 g/mol. The molecule has 9 nitrogen and oxygen atoms in total. The van der Waals surface area contributed by atoms with Gasteiger partial charge in [-0.25, -0.2) is 0 Å². The maximum absolute atomic E-state index is 9.90. The van der Waals surface area contributed by atoms with Gasteiger partial charge in [-0.05, 0) is 16.6 Å². The first-order valence-electron chi connectivity index (χ1n) is 6.22. The molecule has 112 valence electrons. The van der Waals surface area contributed by atoms with Crippen molar-refractivity contribution in [3.63, 3.8) is 0 Å². The third-order valence-electron chi connectivity index (χ3n) is 2.71. The summed E-state index contributed by atoms with van der Waals surface area (Å²) in [6.07, 6.45) is -3.43. The van der Waals surface area contributed by atoms with Crippen molar-refractivity contribution in [2.45, 2.75) is 24.9 Å². The fourth-order valence-electron chi connectivity index (χ4n) is 1.69. The van der Waals surface area contributed by atoms with E-state index >= 15 is 0 Å². The van der Waals surface area contributed by atoms with Gasteiger partial charge in [0.1, 0.15) is 6.10 Å². The van der Waals surface area contributed by atoms with E-state index in [0.29, 0.717) is 0 Å². The van der Waals surface area contributed by atoms with Crippen molar-refractivity contribution in [3.8, 4) is 0 Å². The molecule has 0 spiro atoms. The monoisotopic (exact) mass is 292 g/mol. The summed E-state index contributed by atoms with van der Waals surface area (Å²) in [7, 11) is 0. The van der Waals surface area contributed by atoms with E-state index in [1.807, 2.05) is 30.3 Å². The van der Waals surface area contributed by atoms with E-state index in [1.54, 1.807) is 0 Å². The molecule has 0 bridgehead atoms. The lowest BCUT2D eigenvalue weighted by molar-refractivity contribution is -0.100. The van der Waals surface area contributed by atoms with E-state index in [4.69, 9.17) is 15.8 Å². The van der Waals surface area contributed by atoms with E-state index in [-0.39, 0.29) is 19.7 Å². The molecule has 9 heteroatoms. The van der Waals surface area contributed by atoms with Crippen LogP contribution in [-0.4, -0.2) is 41.6 Å². The van der Waals surface area contributed by atoms with Crippen LogP contribution in [0.25, 0.3) is 20.9 Å². The molecule has 0 aliphatic rings. The Hall–Kier alpha value is -2.28. The fourth-order valence-corrected chi connectivity index (χ4v) is 1.69. The standard InChI is InChI=1S/C12H16N6O3/c13-17-15-6-10(19)12(11(20)7-16-18-14)21-8-9-4-2-1-3-5-9/h1-5,10-12,19-20H,6-8H2/t10-,11-/m1/s1. The van der Waals surface area contributed by atoms with Gasteiger partial charge in [-0.3, -0.25) is 0 Å². The molecule has 0 fully saturated rings. The molecule has 1 aromatic carbocycles. The van der Waals surface area contributed by atoms with Gasteiger partial charge in [0.05, 0.1) is 31.9 Å². The van der Waals surface area contributed by atoms with E-state index in [9.17, 15) is 10.2 Å². The maximum atomic E-state index is 9.90. The second-order valence-electron chi connectivity index (χ2n) is 4.22. The van der Waals surface area contributed by atoms with Gasteiger partial charge in [-0.1, -0.05) is 40.6 Å². The molecule has 2 N–H and O–H groups in total. The van der Waals surface area contributed by atoms with E-state index in [2.05, 4.69) is 20.1 Å². The largest absolute Gasteiger partial charge is 0.390 e. The highest BCUT2D eigenvalue weighted by atomic mass is 16.5. The van der Waals surface area contributed by atoms with Gasteiger partial charge in [-0.2, -0.15) is 0 Å². The summed E-state index contributed by atoms with van der Waals surface area (Å²) >= 11 is 0. The molecule has 0 unspecified atom stereocenters. The molecule has 0 saturated heterocycles. The molecule has 0 aliphatic heterocycles. The highest BCUT2D eigenvalue weighted by Crippen LogP contribution is 2.11. The second kappa shape index (κ2) is 9.60. The minimum atomic E-state index is -1.20. The van der Waals surface area contributed by atoms with E-state index in [0.717, 1.165) is 5.56 Å². The summed E-state index contributed by atoms with van der Waals surface area (Å²) < 4.78 is 5.48. The van der Waals surface area contributed by atoms with Gasteiger partial charge in [0.15, 0.2) is 0 Å². The zero-order chi connectivity index (χ0) is 15.5. The average Bonchev–Trinajstić information content (AvgIpc) is 2.52. The highest BCUT2D eigenvalue weighted by Gasteiger charge is 2.27. The Morgan fingerprint density at radius 2 is 1.52 bits per heavy atom. The Balaban J connectivity index is 2.70. The SMILES string of the molecule is [N-]=[N+]=NC[C@@H](O)C(OCc1ccccc1)[C@H](O)CN=[N+]=[N-]. The first-order valence-corrected chi connectivity index (χ1v) is 6.22. The molecule has 0 aliphatic carbocycles. The number of aliphatic hydroxyl groups is 2. The number of azide groups is 2. The van der Waals surface area contributed by atoms with Crippen LogP contribution in [0.3, 0.4) is 0 Å². The summed E-state index contributed by atoms with van der Waals surface area (Å²) in [5.41, 5.74) is 17.4. The number of rotatable bonds is 9. The number of hydrogen-bond donors (Lipinski definition) is 2. The van der Waals surface area contributed by atoms with Crippen molar-refractivity contribution >= 4 is 0 Å². The summed E-state index contributed by atoms with van der Waals surface area (Å²) in [5.74, 6) is 0. The molecule has 1 aromatic rings. The van der Waals surface area contributed by atoms with Gasteiger partial charge in [0.25, 0.3) is 0 Å².